The molecule has 4 rings (SSSR count). The fourth-order valence-corrected chi connectivity index (χ4v) is 4.66. The van der Waals surface area contributed by atoms with Crippen LogP contribution >= 0.6 is 23.4 Å². The highest BCUT2D eigenvalue weighted by Gasteiger charge is 2.15. The van der Waals surface area contributed by atoms with Crippen molar-refractivity contribution in [3.63, 3.8) is 0 Å². The second-order valence-corrected chi connectivity index (χ2v) is 10.6. The van der Waals surface area contributed by atoms with Crippen LogP contribution in [-0.4, -0.2) is 30.1 Å². The number of nitrogens with one attached hydrogen (secondary N) is 3. The number of ether oxygens (including phenoxy) is 1. The van der Waals surface area contributed by atoms with E-state index in [1.54, 1.807) is 60.7 Å². The molecule has 0 aromatic heterocycles. The molecule has 0 atom stereocenters. The first-order valence-corrected chi connectivity index (χ1v) is 14.6. The predicted octanol–water partition coefficient (Wildman–Crippen LogP) is 7.19. The van der Waals surface area contributed by atoms with Crippen molar-refractivity contribution in [1.82, 2.24) is 5.32 Å². The van der Waals surface area contributed by atoms with Crippen LogP contribution < -0.4 is 20.7 Å². The molecule has 4 aromatic rings. The van der Waals surface area contributed by atoms with E-state index in [1.165, 1.54) is 11.8 Å². The first-order valence-electron chi connectivity index (χ1n) is 13.2. The van der Waals surface area contributed by atoms with E-state index >= 15 is 0 Å². The zero-order chi connectivity index (χ0) is 29.9. The van der Waals surface area contributed by atoms with Crippen LogP contribution in [0.1, 0.15) is 28.4 Å². The van der Waals surface area contributed by atoms with Gasteiger partial charge in [-0.2, -0.15) is 0 Å². The first-order chi connectivity index (χ1) is 20.3. The lowest BCUT2D eigenvalue weighted by molar-refractivity contribution is -0.114. The Kier molecular flexibility index (Phi) is 10.8. The number of hydrogen-bond acceptors (Lipinski definition) is 5. The molecule has 0 aliphatic carbocycles. The summed E-state index contributed by atoms with van der Waals surface area (Å²) in [5.41, 5.74) is 3.35. The van der Waals surface area contributed by atoms with Gasteiger partial charge in [-0.05, 0) is 91.7 Å². The van der Waals surface area contributed by atoms with E-state index in [4.69, 9.17) is 16.3 Å². The lowest BCUT2D eigenvalue weighted by Gasteiger charge is -2.12. The van der Waals surface area contributed by atoms with Crippen molar-refractivity contribution >= 4 is 58.5 Å². The van der Waals surface area contributed by atoms with Gasteiger partial charge in [-0.3, -0.25) is 14.4 Å². The molecule has 0 radical (unpaired) electrons. The highest BCUT2D eigenvalue weighted by atomic mass is 35.5. The lowest BCUT2D eigenvalue weighted by Crippen LogP contribution is -2.30. The molecule has 214 valence electrons. The van der Waals surface area contributed by atoms with Crippen molar-refractivity contribution in [3.8, 4) is 5.75 Å². The van der Waals surface area contributed by atoms with Gasteiger partial charge in [0, 0.05) is 26.9 Å². The van der Waals surface area contributed by atoms with Gasteiger partial charge >= 0.3 is 0 Å². The van der Waals surface area contributed by atoms with Gasteiger partial charge in [0.25, 0.3) is 11.8 Å². The Hall–Kier alpha value is -4.53. The van der Waals surface area contributed by atoms with Crippen molar-refractivity contribution in [3.05, 3.63) is 124 Å². The number of thioether (sulfide) groups is 1. The number of anilines is 2. The molecule has 0 saturated heterocycles. The van der Waals surface area contributed by atoms with Crippen LogP contribution in [-0.2, 0) is 9.59 Å². The largest absolute Gasteiger partial charge is 0.494 e. The van der Waals surface area contributed by atoms with Crippen LogP contribution in [0.4, 0.5) is 11.4 Å². The molecular weight excluding hydrogens is 570 g/mol. The highest BCUT2D eigenvalue weighted by molar-refractivity contribution is 8.00. The van der Waals surface area contributed by atoms with E-state index in [2.05, 4.69) is 16.0 Å². The van der Waals surface area contributed by atoms with Crippen molar-refractivity contribution < 1.29 is 19.1 Å². The van der Waals surface area contributed by atoms with Gasteiger partial charge in [-0.25, -0.2) is 0 Å². The molecule has 3 N–H and O–H groups in total. The average Bonchev–Trinajstić information content (AvgIpc) is 3.00. The molecular formula is C33H30ClN3O4S. The standard InChI is InChI=1S/C33H30ClN3O4S/c1-3-41-27-15-10-23(11-16-27)19-30(37-32(39)24-7-5-4-6-8-24)33(40)36-25-13-17-28(18-14-25)42-21-31(38)35-26-12-9-22(2)29(34)20-26/h4-20H,3,21H2,1-2H3,(H,35,38)(H,36,40)(H,37,39)/b30-19-. The van der Waals surface area contributed by atoms with E-state index in [9.17, 15) is 14.4 Å². The average molecular weight is 600 g/mol. The Balaban J connectivity index is 1.40. The molecule has 3 amide bonds. The zero-order valence-electron chi connectivity index (χ0n) is 23.1. The molecule has 9 heteroatoms. The van der Waals surface area contributed by atoms with Crippen LogP contribution in [0.25, 0.3) is 6.08 Å². The maximum atomic E-state index is 13.3. The van der Waals surface area contributed by atoms with Crippen LogP contribution in [0.3, 0.4) is 0 Å². The number of carbonyl (C=O) groups is 3. The fourth-order valence-electron chi connectivity index (χ4n) is 3.79. The third-order valence-corrected chi connectivity index (χ3v) is 7.39. The zero-order valence-corrected chi connectivity index (χ0v) is 24.7. The van der Waals surface area contributed by atoms with Gasteiger partial charge in [-0.15, -0.1) is 11.8 Å². The number of benzene rings is 4. The summed E-state index contributed by atoms with van der Waals surface area (Å²) in [6.07, 6.45) is 1.61. The Bertz CT molecular complexity index is 1570. The molecule has 42 heavy (non-hydrogen) atoms. The van der Waals surface area contributed by atoms with Crippen LogP contribution in [0, 0.1) is 6.92 Å². The van der Waals surface area contributed by atoms with E-state index in [0.29, 0.717) is 34.3 Å². The summed E-state index contributed by atoms with van der Waals surface area (Å²) in [6.45, 7) is 4.35. The van der Waals surface area contributed by atoms with Crippen LogP contribution in [0.15, 0.2) is 108 Å². The van der Waals surface area contributed by atoms with E-state index in [0.717, 1.165) is 16.0 Å². The summed E-state index contributed by atoms with van der Waals surface area (Å²) in [4.78, 5) is 39.4. The van der Waals surface area contributed by atoms with E-state index in [1.807, 2.05) is 56.3 Å². The minimum Gasteiger partial charge on any atom is -0.494 e. The lowest BCUT2D eigenvalue weighted by atomic mass is 10.1. The summed E-state index contributed by atoms with van der Waals surface area (Å²) in [6, 6.07) is 28.4. The smallest absolute Gasteiger partial charge is 0.272 e. The molecule has 0 saturated carbocycles. The van der Waals surface area contributed by atoms with Gasteiger partial charge in [0.2, 0.25) is 5.91 Å². The third kappa shape index (κ3) is 8.99. The second kappa shape index (κ2) is 14.9. The van der Waals surface area contributed by atoms with Crippen LogP contribution in [0.2, 0.25) is 5.02 Å². The minimum atomic E-state index is -0.482. The number of hydrogen-bond donors (Lipinski definition) is 3. The molecule has 0 heterocycles. The molecule has 0 unspecified atom stereocenters. The Morgan fingerprint density at radius 1 is 0.857 bits per heavy atom. The number of carbonyl (C=O) groups excluding carboxylic acids is 3. The maximum absolute atomic E-state index is 13.3. The maximum Gasteiger partial charge on any atom is 0.272 e. The van der Waals surface area contributed by atoms with Crippen molar-refractivity contribution in [2.75, 3.05) is 23.0 Å². The van der Waals surface area contributed by atoms with Gasteiger partial charge in [0.05, 0.1) is 12.4 Å². The van der Waals surface area contributed by atoms with Crippen LogP contribution in [0.5, 0.6) is 5.75 Å². The predicted molar refractivity (Wildman–Crippen MR) is 170 cm³/mol. The van der Waals surface area contributed by atoms with Gasteiger partial charge < -0.3 is 20.7 Å². The fraction of sp³-hybridized carbons (Fsp3) is 0.121. The van der Waals surface area contributed by atoms with Crippen molar-refractivity contribution in [2.24, 2.45) is 0 Å². The molecule has 0 spiro atoms. The summed E-state index contributed by atoms with van der Waals surface area (Å²) in [5.74, 6) is -0.123. The minimum absolute atomic E-state index is 0.0827. The number of aryl methyl sites for hydroxylation is 1. The summed E-state index contributed by atoms with van der Waals surface area (Å²) in [7, 11) is 0. The Morgan fingerprint density at radius 3 is 2.21 bits per heavy atom. The molecule has 4 aromatic carbocycles. The number of amides is 3. The molecule has 7 nitrogen and oxygen atoms in total. The normalized spacial score (nSPS) is 11.0. The summed E-state index contributed by atoms with van der Waals surface area (Å²) >= 11 is 7.50. The topological polar surface area (TPSA) is 96.5 Å². The molecule has 0 bridgehead atoms. The van der Waals surface area contributed by atoms with Gasteiger partial charge in [0.15, 0.2) is 0 Å². The number of halogens is 1. The van der Waals surface area contributed by atoms with E-state index in [-0.39, 0.29) is 17.4 Å². The van der Waals surface area contributed by atoms with Crippen molar-refractivity contribution in [1.29, 1.82) is 0 Å². The summed E-state index contributed by atoms with van der Waals surface area (Å²) < 4.78 is 5.49. The Morgan fingerprint density at radius 2 is 1.55 bits per heavy atom. The number of rotatable bonds is 11. The molecule has 0 aliphatic heterocycles. The molecule has 0 aliphatic rings. The highest BCUT2D eigenvalue weighted by Crippen LogP contribution is 2.23. The van der Waals surface area contributed by atoms with Gasteiger partial charge in [-0.1, -0.05) is 48.0 Å². The Labute approximate surface area is 254 Å². The summed E-state index contributed by atoms with van der Waals surface area (Å²) in [5, 5.41) is 9.00. The molecule has 0 fully saturated rings. The quantitative estimate of drug-likeness (QED) is 0.125. The van der Waals surface area contributed by atoms with Crippen molar-refractivity contribution in [2.45, 2.75) is 18.7 Å². The third-order valence-electron chi connectivity index (χ3n) is 5.97. The first kappa shape index (κ1) is 30.4. The van der Waals surface area contributed by atoms with Gasteiger partial charge in [0.1, 0.15) is 11.4 Å². The SMILES string of the molecule is CCOc1ccc(/C=C(\NC(=O)c2ccccc2)C(=O)Nc2ccc(SCC(=O)Nc3ccc(C)c(Cl)c3)cc2)cc1. The monoisotopic (exact) mass is 599 g/mol. The van der Waals surface area contributed by atoms with E-state index < -0.39 is 11.8 Å². The second-order valence-electron chi connectivity index (χ2n) is 9.16.